The Labute approximate surface area is 226 Å². The fourth-order valence-electron chi connectivity index (χ4n) is 5.52. The van der Waals surface area contributed by atoms with E-state index in [9.17, 15) is 18.0 Å². The summed E-state index contributed by atoms with van der Waals surface area (Å²) in [4.78, 5) is 16.1. The highest BCUT2D eigenvalue weighted by molar-refractivity contribution is 6.00. The summed E-state index contributed by atoms with van der Waals surface area (Å²) >= 11 is 0. The predicted octanol–water partition coefficient (Wildman–Crippen LogP) is 7.91. The molecule has 0 bridgehead atoms. The molecule has 2 aromatic rings. The third-order valence-electron chi connectivity index (χ3n) is 7.33. The molecule has 1 aliphatic rings. The van der Waals surface area contributed by atoms with Crippen LogP contribution in [0, 0.1) is 0 Å². The van der Waals surface area contributed by atoms with Crippen LogP contribution >= 0.6 is 12.4 Å². The molecule has 1 amide bonds. The maximum Gasteiger partial charge on any atom is 0.405 e. The van der Waals surface area contributed by atoms with E-state index < -0.39 is 24.0 Å². The number of nitrogens with zero attached hydrogens (tertiary/aromatic N) is 1. The van der Waals surface area contributed by atoms with Gasteiger partial charge in [-0.2, -0.15) is 13.2 Å². The molecule has 0 atom stereocenters. The van der Waals surface area contributed by atoms with Gasteiger partial charge in [-0.05, 0) is 67.6 Å². The molecule has 3 rings (SSSR count). The SMILES string of the molecule is CCCCCN(CCCCC)CCCCC1(C(=O)NCC(F)(F)F)c2ccccc2-c2ccccc21.Cl. The van der Waals surface area contributed by atoms with E-state index in [1.165, 1.54) is 38.5 Å². The van der Waals surface area contributed by atoms with Gasteiger partial charge in [0.2, 0.25) is 5.91 Å². The zero-order valence-electron chi connectivity index (χ0n) is 22.2. The van der Waals surface area contributed by atoms with E-state index >= 15 is 0 Å². The first-order valence-corrected chi connectivity index (χ1v) is 13.6. The van der Waals surface area contributed by atoms with Crippen molar-refractivity contribution in [3.05, 3.63) is 59.7 Å². The Balaban J connectivity index is 0.00000481. The third kappa shape index (κ3) is 7.97. The van der Waals surface area contributed by atoms with Crippen molar-refractivity contribution in [1.29, 1.82) is 0 Å². The van der Waals surface area contributed by atoms with E-state index in [2.05, 4.69) is 24.1 Å². The van der Waals surface area contributed by atoms with Crippen molar-refractivity contribution in [2.75, 3.05) is 26.2 Å². The van der Waals surface area contributed by atoms with Crippen molar-refractivity contribution in [3.8, 4) is 11.1 Å². The maximum absolute atomic E-state index is 13.6. The van der Waals surface area contributed by atoms with Gasteiger partial charge in [0, 0.05) is 0 Å². The van der Waals surface area contributed by atoms with Crippen LogP contribution in [0.2, 0.25) is 0 Å². The summed E-state index contributed by atoms with van der Waals surface area (Å²) in [6.07, 6.45) is 4.92. The van der Waals surface area contributed by atoms with Gasteiger partial charge in [0.05, 0.1) is 0 Å². The molecule has 0 aromatic heterocycles. The van der Waals surface area contributed by atoms with Crippen LogP contribution in [0.1, 0.15) is 82.8 Å². The topological polar surface area (TPSA) is 32.3 Å². The lowest BCUT2D eigenvalue weighted by atomic mass is 9.73. The summed E-state index contributed by atoms with van der Waals surface area (Å²) in [5, 5.41) is 2.23. The molecule has 7 heteroatoms. The first-order valence-electron chi connectivity index (χ1n) is 13.6. The molecule has 0 aliphatic heterocycles. The zero-order valence-corrected chi connectivity index (χ0v) is 23.0. The largest absolute Gasteiger partial charge is 0.405 e. The van der Waals surface area contributed by atoms with Crippen molar-refractivity contribution in [2.24, 2.45) is 0 Å². The number of carbonyl (C=O) groups is 1. The number of unbranched alkanes of at least 4 members (excludes halogenated alkanes) is 5. The van der Waals surface area contributed by atoms with Crippen LogP contribution in [-0.2, 0) is 10.2 Å². The Morgan fingerprint density at radius 1 is 0.784 bits per heavy atom. The molecule has 1 aliphatic carbocycles. The normalized spacial score (nSPS) is 13.7. The first-order chi connectivity index (χ1) is 17.3. The van der Waals surface area contributed by atoms with Gasteiger partial charge in [0.25, 0.3) is 0 Å². The number of hydrogen-bond acceptors (Lipinski definition) is 2. The molecular weight excluding hydrogens is 497 g/mol. The molecule has 2 aromatic carbocycles. The highest BCUT2D eigenvalue weighted by Crippen LogP contribution is 2.51. The summed E-state index contributed by atoms with van der Waals surface area (Å²) < 4.78 is 39.1. The minimum Gasteiger partial charge on any atom is -0.346 e. The van der Waals surface area contributed by atoms with Crippen LogP contribution in [0.5, 0.6) is 0 Å². The van der Waals surface area contributed by atoms with Gasteiger partial charge in [-0.3, -0.25) is 4.79 Å². The zero-order chi connectivity index (χ0) is 26.0. The summed E-state index contributed by atoms with van der Waals surface area (Å²) in [5.74, 6) is -0.556. The number of nitrogens with one attached hydrogen (secondary N) is 1. The van der Waals surface area contributed by atoms with Crippen LogP contribution in [0.3, 0.4) is 0 Å². The number of benzene rings is 2. The van der Waals surface area contributed by atoms with E-state index in [0.717, 1.165) is 54.7 Å². The second-order valence-corrected chi connectivity index (χ2v) is 10.0. The van der Waals surface area contributed by atoms with Gasteiger partial charge in [-0.15, -0.1) is 12.4 Å². The fourth-order valence-corrected chi connectivity index (χ4v) is 5.52. The van der Waals surface area contributed by atoms with Gasteiger partial charge in [-0.25, -0.2) is 0 Å². The quantitative estimate of drug-likeness (QED) is 0.234. The van der Waals surface area contributed by atoms with Crippen LogP contribution < -0.4 is 5.32 Å². The third-order valence-corrected chi connectivity index (χ3v) is 7.33. The van der Waals surface area contributed by atoms with Crippen LogP contribution in [0.15, 0.2) is 48.5 Å². The molecule has 0 unspecified atom stereocenters. The number of rotatable bonds is 15. The number of amides is 1. The first kappa shape index (κ1) is 31.2. The molecule has 0 spiro atoms. The van der Waals surface area contributed by atoms with Gasteiger partial charge in [0.15, 0.2) is 0 Å². The molecular formula is C30H42ClF3N2O. The number of alkyl halides is 3. The molecule has 1 N–H and O–H groups in total. The standard InChI is InChI=1S/C30H41F3N2O.ClH/c1-3-5-12-20-35(21-13-6-4-2)22-14-11-19-29(28(36)34-23-30(31,32)33)26-17-9-7-15-24(26)25-16-8-10-18-27(25)29;/h7-10,15-18H,3-6,11-14,19-23H2,1-2H3,(H,34,36);1H. The van der Waals surface area contributed by atoms with E-state index in [1.807, 2.05) is 48.5 Å². The summed E-state index contributed by atoms with van der Waals surface area (Å²) in [6, 6.07) is 15.3. The summed E-state index contributed by atoms with van der Waals surface area (Å²) in [5.41, 5.74) is 2.41. The lowest BCUT2D eigenvalue weighted by molar-refractivity contribution is -0.141. The minimum atomic E-state index is -4.45. The van der Waals surface area contributed by atoms with E-state index in [1.54, 1.807) is 0 Å². The number of halogens is 4. The van der Waals surface area contributed by atoms with Crippen molar-refractivity contribution in [2.45, 2.75) is 83.2 Å². The highest BCUT2D eigenvalue weighted by atomic mass is 35.5. The van der Waals surface area contributed by atoms with Crippen LogP contribution in [-0.4, -0.2) is 43.2 Å². The average Bonchev–Trinajstić information content (AvgIpc) is 3.15. The molecule has 0 saturated heterocycles. The molecule has 0 fully saturated rings. The molecule has 206 valence electrons. The molecule has 0 radical (unpaired) electrons. The second-order valence-electron chi connectivity index (χ2n) is 10.0. The second kappa shape index (κ2) is 14.8. The Bertz CT molecular complexity index is 924. The summed E-state index contributed by atoms with van der Waals surface area (Å²) in [6.45, 7) is 6.22. The Hall–Kier alpha value is -2.05. The number of fused-ring (bicyclic) bond motifs is 3. The van der Waals surface area contributed by atoms with E-state index in [0.29, 0.717) is 6.42 Å². The van der Waals surface area contributed by atoms with E-state index in [4.69, 9.17) is 0 Å². The monoisotopic (exact) mass is 538 g/mol. The Morgan fingerprint density at radius 3 is 1.70 bits per heavy atom. The van der Waals surface area contributed by atoms with Crippen molar-refractivity contribution in [3.63, 3.8) is 0 Å². The molecule has 37 heavy (non-hydrogen) atoms. The van der Waals surface area contributed by atoms with Crippen molar-refractivity contribution in [1.82, 2.24) is 10.2 Å². The Morgan fingerprint density at radius 2 is 1.24 bits per heavy atom. The highest BCUT2D eigenvalue weighted by Gasteiger charge is 2.49. The fraction of sp³-hybridized carbons (Fsp3) is 0.567. The van der Waals surface area contributed by atoms with Gasteiger partial charge >= 0.3 is 6.18 Å². The average molecular weight is 539 g/mol. The van der Waals surface area contributed by atoms with Gasteiger partial charge < -0.3 is 10.2 Å². The lowest BCUT2D eigenvalue weighted by Crippen LogP contribution is -2.47. The number of carbonyl (C=O) groups excluding carboxylic acids is 1. The van der Waals surface area contributed by atoms with E-state index in [-0.39, 0.29) is 12.4 Å². The molecule has 0 saturated carbocycles. The van der Waals surface area contributed by atoms with Crippen LogP contribution in [0.4, 0.5) is 13.2 Å². The van der Waals surface area contributed by atoms with Crippen LogP contribution in [0.25, 0.3) is 11.1 Å². The maximum atomic E-state index is 13.6. The predicted molar refractivity (Wildman–Crippen MR) is 148 cm³/mol. The van der Waals surface area contributed by atoms with Crippen molar-refractivity contribution < 1.29 is 18.0 Å². The van der Waals surface area contributed by atoms with Crippen molar-refractivity contribution >= 4 is 18.3 Å². The smallest absolute Gasteiger partial charge is 0.346 e. The molecule has 3 nitrogen and oxygen atoms in total. The Kier molecular flexibility index (Phi) is 12.4. The minimum absolute atomic E-state index is 0. The molecule has 0 heterocycles. The summed E-state index contributed by atoms with van der Waals surface area (Å²) in [7, 11) is 0. The van der Waals surface area contributed by atoms with Gasteiger partial charge in [-0.1, -0.05) is 94.5 Å². The number of hydrogen-bond donors (Lipinski definition) is 1. The lowest BCUT2D eigenvalue weighted by Gasteiger charge is -2.31. The van der Waals surface area contributed by atoms with Gasteiger partial charge in [0.1, 0.15) is 12.0 Å².